The summed E-state index contributed by atoms with van der Waals surface area (Å²) in [5, 5.41) is 16.7. The number of fused-ring (bicyclic) bond motifs is 2. The minimum atomic E-state index is -1.00. The molecule has 0 aromatic carbocycles. The van der Waals surface area contributed by atoms with E-state index in [1.807, 2.05) is 6.92 Å². The summed E-state index contributed by atoms with van der Waals surface area (Å²) in [4.78, 5) is 51.3. The van der Waals surface area contributed by atoms with Gasteiger partial charge in [0.15, 0.2) is 6.10 Å². The number of carbonyl (C=O) groups is 4. The van der Waals surface area contributed by atoms with Crippen molar-refractivity contribution in [3.63, 3.8) is 0 Å². The Morgan fingerprint density at radius 2 is 1.90 bits per heavy atom. The van der Waals surface area contributed by atoms with Crippen LogP contribution >= 0.6 is 0 Å². The summed E-state index contributed by atoms with van der Waals surface area (Å²) in [5.41, 5.74) is 6.42. The molecule has 2 amide bonds. The summed E-state index contributed by atoms with van der Waals surface area (Å²) in [6, 6.07) is 0. The fourth-order valence-electron chi connectivity index (χ4n) is 4.95. The van der Waals surface area contributed by atoms with Crippen molar-refractivity contribution >= 4 is 23.6 Å². The topological polar surface area (TPSA) is 166 Å². The van der Waals surface area contributed by atoms with Gasteiger partial charge in [0, 0.05) is 43.9 Å². The molecular formula is C31H43N3O8. The Kier molecular flexibility index (Phi) is 13.1. The van der Waals surface area contributed by atoms with Crippen molar-refractivity contribution < 1.29 is 38.5 Å². The van der Waals surface area contributed by atoms with Crippen LogP contribution in [0.2, 0.25) is 0 Å². The number of nitrogens with two attached hydrogens (primary N) is 1. The quantitative estimate of drug-likeness (QED) is 0.271. The Morgan fingerprint density at radius 3 is 2.50 bits per heavy atom. The van der Waals surface area contributed by atoms with E-state index < -0.39 is 53.9 Å². The number of hydrogen-bond donors (Lipinski definition) is 4. The molecule has 1 heterocycles. The van der Waals surface area contributed by atoms with E-state index in [4.69, 9.17) is 19.9 Å². The highest BCUT2D eigenvalue weighted by Crippen LogP contribution is 2.28. The number of nitrogens with one attached hydrogen (secondary N) is 2. The van der Waals surface area contributed by atoms with Crippen molar-refractivity contribution in [1.82, 2.24) is 10.6 Å². The van der Waals surface area contributed by atoms with E-state index in [-0.39, 0.29) is 41.4 Å². The number of carbonyl (C=O) groups excluding carboxylic acids is 4. The van der Waals surface area contributed by atoms with Crippen LogP contribution in [0.4, 0.5) is 4.79 Å². The average Bonchev–Trinajstić information content (AvgIpc) is 2.94. The lowest BCUT2D eigenvalue weighted by Crippen LogP contribution is -2.37. The van der Waals surface area contributed by atoms with Crippen LogP contribution in [0.25, 0.3) is 0 Å². The molecule has 5 N–H and O–H groups in total. The number of allylic oxidation sites excluding steroid dienone is 4. The minimum Gasteiger partial charge on any atom is -0.439 e. The van der Waals surface area contributed by atoms with Crippen molar-refractivity contribution in [2.75, 3.05) is 20.8 Å². The number of amides is 2. The summed E-state index contributed by atoms with van der Waals surface area (Å²) in [6.45, 7) is 10.9. The van der Waals surface area contributed by atoms with Crippen LogP contribution in [0, 0.1) is 11.8 Å². The van der Waals surface area contributed by atoms with Gasteiger partial charge in [-0.25, -0.2) is 4.79 Å². The second kappa shape index (κ2) is 16.0. The largest absolute Gasteiger partial charge is 0.439 e. The van der Waals surface area contributed by atoms with Gasteiger partial charge in [0.1, 0.15) is 6.10 Å². The van der Waals surface area contributed by atoms with Crippen molar-refractivity contribution in [2.24, 2.45) is 17.6 Å². The van der Waals surface area contributed by atoms with Gasteiger partial charge in [0.25, 0.3) is 5.91 Å². The zero-order valence-corrected chi connectivity index (χ0v) is 25.1. The highest BCUT2D eigenvalue weighted by Gasteiger charge is 2.33. The molecule has 1 aliphatic heterocycles. The standard InChI is InChI=1S/C31H43N3O8/c1-8-12-33-26-21-13-17(2)14-25(41-7)27(36)19(4)15-20(5)29(42-31(32)39)24(40-6)11-9-10-18(3)30(38)34-22(28(21)37)16-23(26)35/h8-11,15-17,19,24-25,27,29,33,36H,1,12-14H2,2-7H3,(H2,32,39)(H,34,38)/b11-9-,18-10+,20-15+/t17-,19-,24+,25?,27-,29?/m1/s1. The van der Waals surface area contributed by atoms with Gasteiger partial charge in [-0.05, 0) is 38.2 Å². The zero-order valence-electron chi connectivity index (χ0n) is 25.1. The molecule has 11 nitrogen and oxygen atoms in total. The normalized spacial score (nSPS) is 31.6. The molecule has 0 saturated heterocycles. The molecule has 0 saturated carbocycles. The summed E-state index contributed by atoms with van der Waals surface area (Å²) in [6.07, 6.45) is 5.34. The van der Waals surface area contributed by atoms with Gasteiger partial charge in [0.2, 0.25) is 11.6 Å². The van der Waals surface area contributed by atoms with Crippen molar-refractivity contribution in [1.29, 1.82) is 0 Å². The number of Topliss-reactive ketones (excluding diaryl/α,β-unsaturated/α-hetero) is 1. The van der Waals surface area contributed by atoms with Crippen LogP contribution in [-0.2, 0) is 28.6 Å². The van der Waals surface area contributed by atoms with Crippen LogP contribution in [0.5, 0.6) is 0 Å². The summed E-state index contributed by atoms with van der Waals surface area (Å²) in [7, 11) is 2.92. The number of ether oxygens (including phenoxy) is 3. The van der Waals surface area contributed by atoms with E-state index in [0.717, 1.165) is 6.08 Å². The number of methoxy groups -OCH3 is 2. The van der Waals surface area contributed by atoms with E-state index in [2.05, 4.69) is 17.2 Å². The molecule has 2 aliphatic rings. The van der Waals surface area contributed by atoms with Gasteiger partial charge in [-0.15, -0.1) is 6.58 Å². The number of primary amides is 1. The fraction of sp³-hybridized carbons (Fsp3) is 0.484. The fourth-order valence-corrected chi connectivity index (χ4v) is 4.95. The number of hydrogen-bond acceptors (Lipinski definition) is 9. The summed E-state index contributed by atoms with van der Waals surface area (Å²) in [5.74, 6) is -2.14. The Bertz CT molecular complexity index is 1210. The molecule has 0 aromatic rings. The van der Waals surface area contributed by atoms with Crippen LogP contribution in [0.3, 0.4) is 0 Å². The Labute approximate surface area is 247 Å². The molecule has 2 unspecified atom stereocenters. The maximum absolute atomic E-state index is 13.5. The third-order valence-corrected chi connectivity index (χ3v) is 7.22. The van der Waals surface area contributed by atoms with Gasteiger partial charge in [-0.3, -0.25) is 14.4 Å². The lowest BCUT2D eigenvalue weighted by molar-refractivity contribution is -0.120. The third kappa shape index (κ3) is 9.10. The van der Waals surface area contributed by atoms with Crippen molar-refractivity contribution in [2.45, 2.75) is 65.0 Å². The summed E-state index contributed by atoms with van der Waals surface area (Å²) < 4.78 is 16.6. The SMILES string of the molecule is C=CCNC1=C2C[C@@H](C)CC(OC)[C@H](O)[C@H](C)/C=C(\C)C(OC(N)=O)[C@@H](OC)/C=C\C=C(/C)C(=O)NC(=CC1=O)C2=O. The van der Waals surface area contributed by atoms with Gasteiger partial charge in [-0.1, -0.05) is 44.2 Å². The molecule has 1 aliphatic carbocycles. The van der Waals surface area contributed by atoms with E-state index in [0.29, 0.717) is 12.0 Å². The van der Waals surface area contributed by atoms with Gasteiger partial charge in [-0.2, -0.15) is 0 Å². The molecule has 0 aromatic heterocycles. The first-order chi connectivity index (χ1) is 19.8. The molecule has 230 valence electrons. The first kappa shape index (κ1) is 34.4. The van der Waals surface area contributed by atoms with Gasteiger partial charge < -0.3 is 35.7 Å². The maximum Gasteiger partial charge on any atom is 0.405 e. The number of aliphatic hydroxyl groups is 1. The molecule has 2 bridgehead atoms. The number of rotatable bonds is 6. The second-order valence-corrected chi connectivity index (χ2v) is 10.6. The number of ketones is 2. The Morgan fingerprint density at radius 1 is 1.21 bits per heavy atom. The van der Waals surface area contributed by atoms with E-state index in [9.17, 15) is 24.3 Å². The van der Waals surface area contributed by atoms with Crippen molar-refractivity contribution in [3.05, 3.63) is 71.1 Å². The molecule has 0 fully saturated rings. The first-order valence-electron chi connectivity index (χ1n) is 13.8. The predicted molar refractivity (Wildman–Crippen MR) is 158 cm³/mol. The van der Waals surface area contributed by atoms with Crippen LogP contribution in [0.15, 0.2) is 71.1 Å². The predicted octanol–water partition coefficient (Wildman–Crippen LogP) is 2.54. The van der Waals surface area contributed by atoms with Crippen LogP contribution in [0.1, 0.15) is 40.5 Å². The zero-order chi connectivity index (χ0) is 31.6. The lowest BCUT2D eigenvalue weighted by Gasteiger charge is -2.30. The minimum absolute atomic E-state index is 0.132. The van der Waals surface area contributed by atoms with Crippen molar-refractivity contribution in [3.8, 4) is 0 Å². The second-order valence-electron chi connectivity index (χ2n) is 10.6. The highest BCUT2D eigenvalue weighted by atomic mass is 16.6. The van der Waals surface area contributed by atoms with E-state index >= 15 is 0 Å². The Balaban J connectivity index is 2.62. The van der Waals surface area contributed by atoms with Crippen LogP contribution in [-0.4, -0.2) is 73.9 Å². The van der Waals surface area contributed by atoms with Crippen LogP contribution < -0.4 is 16.4 Å². The highest BCUT2D eigenvalue weighted by molar-refractivity contribution is 6.23. The summed E-state index contributed by atoms with van der Waals surface area (Å²) >= 11 is 0. The molecule has 42 heavy (non-hydrogen) atoms. The molecular weight excluding hydrogens is 542 g/mol. The molecule has 0 spiro atoms. The molecule has 6 atom stereocenters. The lowest BCUT2D eigenvalue weighted by atomic mass is 9.85. The molecule has 11 heteroatoms. The van der Waals surface area contributed by atoms with Gasteiger partial charge >= 0.3 is 6.09 Å². The average molecular weight is 586 g/mol. The van der Waals surface area contributed by atoms with E-state index in [1.165, 1.54) is 20.3 Å². The molecule has 2 rings (SSSR count). The number of aliphatic hydroxyl groups excluding tert-OH is 1. The third-order valence-electron chi connectivity index (χ3n) is 7.22. The maximum atomic E-state index is 13.5. The monoisotopic (exact) mass is 585 g/mol. The first-order valence-corrected chi connectivity index (χ1v) is 13.8. The van der Waals surface area contributed by atoms with E-state index in [1.54, 1.807) is 45.1 Å². The molecule has 0 radical (unpaired) electrons. The Hall–Kier alpha value is -3.80. The smallest absolute Gasteiger partial charge is 0.405 e. The van der Waals surface area contributed by atoms with Gasteiger partial charge in [0.05, 0.1) is 23.6 Å².